The Labute approximate surface area is 199 Å². The molecule has 2 heterocycles. The number of ether oxygens (including phenoxy) is 1. The quantitative estimate of drug-likeness (QED) is 0.471. The Balaban J connectivity index is 0.000000321. The predicted molar refractivity (Wildman–Crippen MR) is 132 cm³/mol. The summed E-state index contributed by atoms with van der Waals surface area (Å²) in [7, 11) is 1.99. The zero-order valence-corrected chi connectivity index (χ0v) is 20.1. The van der Waals surface area contributed by atoms with Gasteiger partial charge in [0.1, 0.15) is 12.1 Å². The fourth-order valence-electron chi connectivity index (χ4n) is 3.10. The highest BCUT2D eigenvalue weighted by molar-refractivity contribution is 6.31. The molecule has 0 aliphatic carbocycles. The molecule has 1 unspecified atom stereocenters. The Hall–Kier alpha value is -2.59. The molecule has 1 aliphatic rings. The molecule has 1 aromatic heterocycles. The maximum atomic E-state index is 13.2. The summed E-state index contributed by atoms with van der Waals surface area (Å²) < 4.78 is 18.5. The number of nitrogens with one attached hydrogen (secondary N) is 3. The van der Waals surface area contributed by atoms with Crippen LogP contribution in [-0.2, 0) is 9.53 Å². The summed E-state index contributed by atoms with van der Waals surface area (Å²) in [5, 5.41) is 17.2. The topological polar surface area (TPSA) is 91.4 Å². The molecule has 0 spiro atoms. The predicted octanol–water partition coefficient (Wildman–Crippen LogP) is 3.58. The lowest BCUT2D eigenvalue weighted by Gasteiger charge is -2.26. The second kappa shape index (κ2) is 13.8. The fraction of sp³-hybridized carbons (Fsp3) is 0.435. The molecular formula is C23H32ClFN6O2. The maximum Gasteiger partial charge on any atom is 0.162 e. The molecule has 1 aliphatic heterocycles. The van der Waals surface area contributed by atoms with Gasteiger partial charge in [0, 0.05) is 37.4 Å². The normalized spacial score (nSPS) is 14.6. The van der Waals surface area contributed by atoms with Crippen LogP contribution >= 0.6 is 11.6 Å². The molecule has 0 radical (unpaired) electrons. The number of hydrogen-bond donors (Lipinski definition) is 3. The monoisotopic (exact) mass is 478 g/mol. The van der Waals surface area contributed by atoms with Gasteiger partial charge in [0.2, 0.25) is 0 Å². The first kappa shape index (κ1) is 26.7. The Morgan fingerprint density at radius 2 is 2.12 bits per heavy atom. The van der Waals surface area contributed by atoms with Gasteiger partial charge in [-0.3, -0.25) is 4.90 Å². The second-order valence-corrected chi connectivity index (χ2v) is 8.05. The first-order chi connectivity index (χ1) is 15.8. The smallest absolute Gasteiger partial charge is 0.162 e. The Morgan fingerprint density at radius 1 is 1.39 bits per heavy atom. The van der Waals surface area contributed by atoms with E-state index in [2.05, 4.69) is 37.6 Å². The van der Waals surface area contributed by atoms with Crippen molar-refractivity contribution in [3.05, 3.63) is 47.4 Å². The Bertz CT molecular complexity index is 924. The number of likely N-dealkylation sites (N-methyl/N-ethyl adjacent to an activating group) is 1. The molecule has 10 heteroatoms. The van der Waals surface area contributed by atoms with Crippen LogP contribution < -0.4 is 16.0 Å². The zero-order valence-electron chi connectivity index (χ0n) is 19.3. The number of hydrogen-bond acceptors (Lipinski definition) is 8. The van der Waals surface area contributed by atoms with Gasteiger partial charge in [-0.1, -0.05) is 18.2 Å². The molecular weight excluding hydrogens is 447 g/mol. The van der Waals surface area contributed by atoms with E-state index in [0.29, 0.717) is 22.8 Å². The molecule has 2 aromatic rings. The molecule has 1 atom stereocenters. The number of carbonyl (C=O) groups is 1. The van der Waals surface area contributed by atoms with Crippen LogP contribution in [0.3, 0.4) is 0 Å². The minimum Gasteiger partial charge on any atom is -0.379 e. The SMILES string of the molecule is C=C(C)c1c(NC(C)C=O)cnnc1Nc1ccc(F)c(Cl)c1.CNCCN1CCOCC1. The average molecular weight is 479 g/mol. The summed E-state index contributed by atoms with van der Waals surface area (Å²) in [6.07, 6.45) is 2.31. The molecule has 8 nitrogen and oxygen atoms in total. The number of morpholine rings is 1. The summed E-state index contributed by atoms with van der Waals surface area (Å²) >= 11 is 5.78. The van der Waals surface area contributed by atoms with Crippen LogP contribution in [0.4, 0.5) is 21.6 Å². The van der Waals surface area contributed by atoms with Crippen LogP contribution in [0.15, 0.2) is 31.0 Å². The molecule has 3 N–H and O–H groups in total. The molecule has 180 valence electrons. The van der Waals surface area contributed by atoms with Crippen LogP contribution in [0, 0.1) is 5.82 Å². The number of aromatic nitrogens is 2. The fourth-order valence-corrected chi connectivity index (χ4v) is 3.28. The average Bonchev–Trinajstić information content (AvgIpc) is 2.81. The maximum absolute atomic E-state index is 13.2. The lowest BCUT2D eigenvalue weighted by atomic mass is 10.1. The molecule has 1 aromatic carbocycles. The third kappa shape index (κ3) is 8.70. The van der Waals surface area contributed by atoms with Crippen molar-refractivity contribution in [2.24, 2.45) is 0 Å². The van der Waals surface area contributed by atoms with Crippen LogP contribution in [0.25, 0.3) is 5.57 Å². The first-order valence-electron chi connectivity index (χ1n) is 10.8. The van der Waals surface area contributed by atoms with Crippen molar-refractivity contribution in [3.8, 4) is 0 Å². The van der Waals surface area contributed by atoms with Crippen LogP contribution in [0.2, 0.25) is 5.02 Å². The Kier molecular flexibility index (Phi) is 11.2. The van der Waals surface area contributed by atoms with Gasteiger partial charge < -0.3 is 25.5 Å². The van der Waals surface area contributed by atoms with Gasteiger partial charge in [-0.15, -0.1) is 5.10 Å². The number of benzene rings is 1. The van der Waals surface area contributed by atoms with Gasteiger partial charge in [0.25, 0.3) is 0 Å². The largest absolute Gasteiger partial charge is 0.379 e. The second-order valence-electron chi connectivity index (χ2n) is 7.64. The lowest BCUT2D eigenvalue weighted by Crippen LogP contribution is -2.39. The summed E-state index contributed by atoms with van der Waals surface area (Å²) in [5.41, 5.74) is 2.61. The summed E-state index contributed by atoms with van der Waals surface area (Å²) in [6, 6.07) is 3.87. The number of rotatable bonds is 9. The highest BCUT2D eigenvalue weighted by atomic mass is 35.5. The van der Waals surface area contributed by atoms with Gasteiger partial charge in [0.05, 0.1) is 36.2 Å². The van der Waals surface area contributed by atoms with E-state index in [0.717, 1.165) is 51.3 Å². The highest BCUT2D eigenvalue weighted by Gasteiger charge is 2.14. The van der Waals surface area contributed by atoms with Crippen LogP contribution in [-0.4, -0.2) is 73.9 Å². The van der Waals surface area contributed by atoms with Crippen LogP contribution in [0.5, 0.6) is 0 Å². The van der Waals surface area contributed by atoms with E-state index in [-0.39, 0.29) is 11.1 Å². The minimum absolute atomic E-state index is 0.00342. The lowest BCUT2D eigenvalue weighted by molar-refractivity contribution is -0.108. The Morgan fingerprint density at radius 3 is 2.73 bits per heavy atom. The molecule has 1 fully saturated rings. The van der Waals surface area contributed by atoms with E-state index in [1.807, 2.05) is 14.0 Å². The van der Waals surface area contributed by atoms with Gasteiger partial charge in [-0.2, -0.15) is 5.10 Å². The van der Waals surface area contributed by atoms with E-state index in [4.69, 9.17) is 16.3 Å². The van der Waals surface area contributed by atoms with Gasteiger partial charge in [-0.25, -0.2) is 4.39 Å². The highest BCUT2D eigenvalue weighted by Crippen LogP contribution is 2.31. The van der Waals surface area contributed by atoms with E-state index >= 15 is 0 Å². The first-order valence-corrected chi connectivity index (χ1v) is 11.1. The summed E-state index contributed by atoms with van der Waals surface area (Å²) in [4.78, 5) is 13.3. The third-order valence-electron chi connectivity index (χ3n) is 4.83. The molecule has 3 rings (SSSR count). The van der Waals surface area contributed by atoms with Crippen molar-refractivity contribution >= 4 is 40.7 Å². The van der Waals surface area contributed by atoms with Gasteiger partial charge >= 0.3 is 0 Å². The van der Waals surface area contributed by atoms with Crippen LogP contribution in [0.1, 0.15) is 19.4 Å². The number of nitrogens with zero attached hydrogens (tertiary/aromatic N) is 3. The van der Waals surface area contributed by atoms with E-state index in [1.165, 1.54) is 18.3 Å². The van der Waals surface area contributed by atoms with E-state index < -0.39 is 5.82 Å². The van der Waals surface area contributed by atoms with Crippen molar-refractivity contribution < 1.29 is 13.9 Å². The molecule has 0 amide bonds. The number of halogens is 2. The van der Waals surface area contributed by atoms with Gasteiger partial charge in [-0.05, 0) is 44.7 Å². The third-order valence-corrected chi connectivity index (χ3v) is 5.12. The van der Waals surface area contributed by atoms with Crippen molar-refractivity contribution in [2.45, 2.75) is 19.9 Å². The molecule has 33 heavy (non-hydrogen) atoms. The number of aldehydes is 1. The molecule has 0 saturated carbocycles. The van der Waals surface area contributed by atoms with E-state index in [1.54, 1.807) is 13.0 Å². The molecule has 1 saturated heterocycles. The van der Waals surface area contributed by atoms with E-state index in [9.17, 15) is 9.18 Å². The van der Waals surface area contributed by atoms with Crippen molar-refractivity contribution in [3.63, 3.8) is 0 Å². The number of carbonyl (C=O) groups excluding carboxylic acids is 1. The standard InChI is InChI=1S/C16H16ClFN4O.C7H16N2O/c1-9(2)15-14(20-10(3)8-23)7-19-22-16(15)21-11-4-5-13(18)12(17)6-11;1-8-2-3-9-4-6-10-7-5-9/h4-8,10H,1H2,2-3H3,(H2,20,21,22);8H,2-7H2,1H3. The van der Waals surface area contributed by atoms with Crippen molar-refractivity contribution in [1.29, 1.82) is 0 Å². The summed E-state index contributed by atoms with van der Waals surface area (Å²) in [6.45, 7) is 13.7. The summed E-state index contributed by atoms with van der Waals surface area (Å²) in [5.74, 6) is -0.0677. The number of anilines is 3. The molecule has 0 bridgehead atoms. The van der Waals surface area contributed by atoms with Crippen molar-refractivity contribution in [2.75, 3.05) is 57.1 Å². The zero-order chi connectivity index (χ0) is 24.2. The van der Waals surface area contributed by atoms with Crippen molar-refractivity contribution in [1.82, 2.24) is 20.4 Å². The number of allylic oxidation sites excluding steroid dienone is 1. The van der Waals surface area contributed by atoms with Gasteiger partial charge in [0.15, 0.2) is 5.82 Å². The minimum atomic E-state index is -0.501.